The Labute approximate surface area is 180 Å². The van der Waals surface area contributed by atoms with Crippen LogP contribution in [0.4, 0.5) is 10.5 Å². The summed E-state index contributed by atoms with van der Waals surface area (Å²) in [7, 11) is -3.84. The number of amides is 2. The molecule has 3 aliphatic rings. The molecule has 3 atom stereocenters. The van der Waals surface area contributed by atoms with Crippen molar-refractivity contribution in [3.8, 4) is 0 Å². The highest BCUT2D eigenvalue weighted by atomic mass is 32.2. The van der Waals surface area contributed by atoms with Crippen molar-refractivity contribution in [1.29, 1.82) is 0 Å². The Morgan fingerprint density at radius 1 is 1.10 bits per heavy atom. The first-order valence-corrected chi connectivity index (χ1v) is 12.8. The molecular weight excluding hydrogens is 398 g/mol. The molecule has 3 unspecified atom stereocenters. The third-order valence-corrected chi connectivity index (χ3v) is 10.1. The number of fused-ring (bicyclic) bond motifs is 2. The average Bonchev–Trinajstić information content (AvgIpc) is 3.31. The van der Waals surface area contributed by atoms with Gasteiger partial charge in [-0.15, -0.1) is 0 Å². The highest BCUT2D eigenvalue weighted by Gasteiger charge is 2.56. The molecule has 7 heteroatoms. The summed E-state index contributed by atoms with van der Waals surface area (Å²) in [5.41, 5.74) is 11.3. The molecule has 0 bridgehead atoms. The van der Waals surface area contributed by atoms with Crippen molar-refractivity contribution in [1.82, 2.24) is 4.72 Å². The van der Waals surface area contributed by atoms with Crippen LogP contribution in [0, 0.1) is 16.7 Å². The number of carbonyl (C=O) groups is 1. The number of sulfonamides is 1. The van der Waals surface area contributed by atoms with Gasteiger partial charge in [-0.05, 0) is 78.5 Å². The van der Waals surface area contributed by atoms with Crippen LogP contribution in [0.5, 0.6) is 0 Å². The van der Waals surface area contributed by atoms with E-state index in [0.717, 1.165) is 50.6 Å². The molecule has 1 aromatic rings. The molecule has 1 saturated carbocycles. The lowest BCUT2D eigenvalue weighted by Gasteiger charge is -2.42. The molecule has 6 nitrogen and oxygen atoms in total. The van der Waals surface area contributed by atoms with Gasteiger partial charge in [-0.3, -0.25) is 0 Å². The lowest BCUT2D eigenvalue weighted by Crippen LogP contribution is -2.51. The first-order chi connectivity index (χ1) is 13.9. The standard InChI is InChI=1S/C23H35N3O3S/c1-14-11-19(24)23(4,22(14,2)3)13-30(28,29)26-21(27)25-20-17-9-5-7-15(17)12-16-8-6-10-18(16)20/h12,14,19H,5-11,13,24H2,1-4H3,(H2,25,26,27). The molecule has 3 aliphatic carbocycles. The van der Waals surface area contributed by atoms with Crippen LogP contribution in [-0.2, 0) is 35.7 Å². The van der Waals surface area contributed by atoms with E-state index in [0.29, 0.717) is 5.92 Å². The van der Waals surface area contributed by atoms with E-state index in [4.69, 9.17) is 5.73 Å². The molecule has 30 heavy (non-hydrogen) atoms. The Kier molecular flexibility index (Phi) is 5.21. The number of carbonyl (C=O) groups excluding carboxylic acids is 1. The topological polar surface area (TPSA) is 101 Å². The van der Waals surface area contributed by atoms with Gasteiger partial charge < -0.3 is 11.1 Å². The van der Waals surface area contributed by atoms with Crippen LogP contribution in [-0.4, -0.2) is 26.2 Å². The Morgan fingerprint density at radius 3 is 2.17 bits per heavy atom. The van der Waals surface area contributed by atoms with Crippen molar-refractivity contribution in [2.24, 2.45) is 22.5 Å². The van der Waals surface area contributed by atoms with Crippen molar-refractivity contribution >= 4 is 21.7 Å². The molecule has 0 saturated heterocycles. The van der Waals surface area contributed by atoms with Gasteiger partial charge in [-0.25, -0.2) is 17.9 Å². The molecule has 2 amide bonds. The molecule has 166 valence electrons. The summed E-state index contributed by atoms with van der Waals surface area (Å²) in [5.74, 6) is 0.160. The first kappa shape index (κ1) is 21.6. The normalized spacial score (nSPS) is 29.5. The molecule has 4 rings (SSSR count). The summed E-state index contributed by atoms with van der Waals surface area (Å²) < 4.78 is 28.2. The quantitative estimate of drug-likeness (QED) is 0.676. The van der Waals surface area contributed by atoms with Gasteiger partial charge in [-0.2, -0.15) is 0 Å². The number of aryl methyl sites for hydroxylation is 2. The van der Waals surface area contributed by atoms with Crippen molar-refractivity contribution in [2.75, 3.05) is 11.1 Å². The number of urea groups is 1. The Morgan fingerprint density at radius 2 is 1.67 bits per heavy atom. The van der Waals surface area contributed by atoms with Crippen molar-refractivity contribution < 1.29 is 13.2 Å². The van der Waals surface area contributed by atoms with Crippen LogP contribution in [0.1, 0.15) is 69.2 Å². The van der Waals surface area contributed by atoms with Crippen molar-refractivity contribution in [3.63, 3.8) is 0 Å². The van der Waals surface area contributed by atoms with Gasteiger partial charge in [0.15, 0.2) is 0 Å². The van der Waals surface area contributed by atoms with E-state index in [2.05, 4.69) is 36.9 Å². The van der Waals surface area contributed by atoms with Crippen LogP contribution in [0.15, 0.2) is 6.07 Å². The monoisotopic (exact) mass is 433 g/mol. The SMILES string of the molecule is CC1CC(N)C(C)(CS(=O)(=O)NC(=O)Nc2c3c(cc4c2CCC4)CCC3)C1(C)C. The van der Waals surface area contributed by atoms with Crippen molar-refractivity contribution in [2.45, 2.75) is 78.7 Å². The maximum Gasteiger partial charge on any atom is 0.332 e. The second kappa shape index (κ2) is 7.23. The maximum absolute atomic E-state index is 13.0. The molecule has 1 aromatic carbocycles. The van der Waals surface area contributed by atoms with Gasteiger partial charge in [0.25, 0.3) is 0 Å². The average molecular weight is 434 g/mol. The zero-order valence-corrected chi connectivity index (χ0v) is 19.4. The summed E-state index contributed by atoms with van der Waals surface area (Å²) in [6.45, 7) is 8.22. The largest absolute Gasteiger partial charge is 0.332 e. The zero-order valence-electron chi connectivity index (χ0n) is 18.6. The number of anilines is 1. The van der Waals surface area contributed by atoms with Gasteiger partial charge in [0.1, 0.15) is 0 Å². The van der Waals surface area contributed by atoms with Crippen LogP contribution >= 0.6 is 0 Å². The number of nitrogens with two attached hydrogens (primary N) is 1. The number of rotatable bonds is 4. The first-order valence-electron chi connectivity index (χ1n) is 11.2. The summed E-state index contributed by atoms with van der Waals surface area (Å²) in [5, 5.41) is 2.92. The molecule has 1 fully saturated rings. The smallest absolute Gasteiger partial charge is 0.327 e. The second-order valence-corrected chi connectivity index (χ2v) is 12.2. The van der Waals surface area contributed by atoms with E-state index in [-0.39, 0.29) is 17.2 Å². The summed E-state index contributed by atoms with van der Waals surface area (Å²) >= 11 is 0. The highest BCUT2D eigenvalue weighted by Crippen LogP contribution is 2.55. The minimum Gasteiger partial charge on any atom is -0.327 e. The maximum atomic E-state index is 13.0. The van der Waals surface area contributed by atoms with Gasteiger partial charge in [0.2, 0.25) is 10.0 Å². The number of hydrogen-bond donors (Lipinski definition) is 3. The fourth-order valence-corrected chi connectivity index (χ4v) is 7.73. The summed E-state index contributed by atoms with van der Waals surface area (Å²) in [4.78, 5) is 12.8. The number of nitrogens with one attached hydrogen (secondary N) is 2. The van der Waals surface area contributed by atoms with E-state index in [9.17, 15) is 13.2 Å². The van der Waals surface area contributed by atoms with Crippen LogP contribution in [0.3, 0.4) is 0 Å². The lowest BCUT2D eigenvalue weighted by atomic mass is 9.66. The molecule has 0 aliphatic heterocycles. The van der Waals surface area contributed by atoms with Gasteiger partial charge in [0.05, 0.1) is 5.75 Å². The van der Waals surface area contributed by atoms with E-state index < -0.39 is 21.5 Å². The third kappa shape index (κ3) is 3.44. The van der Waals surface area contributed by atoms with Crippen LogP contribution < -0.4 is 15.8 Å². The van der Waals surface area contributed by atoms with E-state index >= 15 is 0 Å². The fourth-order valence-electron chi connectivity index (χ4n) is 5.95. The highest BCUT2D eigenvalue weighted by molar-refractivity contribution is 7.90. The minimum atomic E-state index is -3.84. The molecular formula is C23H35N3O3S. The Bertz CT molecular complexity index is 954. The molecule has 0 spiro atoms. The predicted molar refractivity (Wildman–Crippen MR) is 120 cm³/mol. The molecule has 0 radical (unpaired) electrons. The molecule has 0 aromatic heterocycles. The molecule has 0 heterocycles. The number of benzene rings is 1. The summed E-state index contributed by atoms with van der Waals surface area (Å²) in [6, 6.07) is 1.41. The van der Waals surface area contributed by atoms with Gasteiger partial charge in [0, 0.05) is 17.1 Å². The lowest BCUT2D eigenvalue weighted by molar-refractivity contribution is 0.108. The summed E-state index contributed by atoms with van der Waals surface area (Å²) in [6.07, 6.45) is 6.87. The van der Waals surface area contributed by atoms with Gasteiger partial charge in [-0.1, -0.05) is 33.8 Å². The van der Waals surface area contributed by atoms with E-state index in [1.165, 1.54) is 22.3 Å². The van der Waals surface area contributed by atoms with Crippen molar-refractivity contribution in [3.05, 3.63) is 28.3 Å². The predicted octanol–water partition coefficient (Wildman–Crippen LogP) is 3.51. The van der Waals surface area contributed by atoms with Crippen LogP contribution in [0.25, 0.3) is 0 Å². The zero-order chi connectivity index (χ0) is 21.9. The van der Waals surface area contributed by atoms with Crippen LogP contribution in [0.2, 0.25) is 0 Å². The number of hydrogen-bond acceptors (Lipinski definition) is 4. The fraction of sp³-hybridized carbons (Fsp3) is 0.696. The Balaban J connectivity index is 1.53. The van der Waals surface area contributed by atoms with Gasteiger partial charge >= 0.3 is 6.03 Å². The van der Waals surface area contributed by atoms with E-state index in [1.54, 1.807) is 0 Å². The minimum absolute atomic E-state index is 0.156. The second-order valence-electron chi connectivity index (χ2n) is 10.4. The molecule has 4 N–H and O–H groups in total. The van der Waals surface area contributed by atoms with E-state index in [1.807, 2.05) is 6.92 Å². The third-order valence-electron chi connectivity index (χ3n) is 8.58. The Hall–Kier alpha value is -1.60.